The largest absolute Gasteiger partial charge is 0.342 e. The van der Waals surface area contributed by atoms with Crippen molar-refractivity contribution in [1.29, 1.82) is 10.5 Å². The third-order valence-electron chi connectivity index (χ3n) is 8.37. The molecule has 5 atom stereocenters. The van der Waals surface area contributed by atoms with E-state index in [1.54, 1.807) is 0 Å². The van der Waals surface area contributed by atoms with Crippen LogP contribution in [-0.2, 0) is 10.2 Å². The predicted octanol–water partition coefficient (Wildman–Crippen LogP) is 5.67. The van der Waals surface area contributed by atoms with E-state index in [4.69, 9.17) is 0 Å². The Morgan fingerprint density at radius 2 is 1.58 bits per heavy atom. The summed E-state index contributed by atoms with van der Waals surface area (Å²) in [6.45, 7) is 6.83. The molecule has 0 radical (unpaired) electrons. The van der Waals surface area contributed by atoms with Crippen LogP contribution in [0.4, 0.5) is 0 Å². The number of nitriles is 2. The molecule has 4 nitrogen and oxygen atoms in total. The molecular weight excluding hydrogens is 406 g/mol. The fraction of sp³-hybridized carbons (Fsp3) is 0.483. The van der Waals surface area contributed by atoms with Crippen LogP contribution in [0, 0.1) is 45.8 Å². The SMILES string of the molecule is C[C@@H]1CC[C@@H](C(C)(C)c2ccccc2)[C@H](N(C)C(=O)[C@H]2[C@H](c3ccccc3)C2(C#N)C#N)C1. The standard InChI is InChI=1S/C29H33N3O/c1-20-15-16-23(28(2,3)22-13-9-6-10-14-22)24(17-20)32(4)27(33)26-25(29(26,18-30)19-31)21-11-7-5-8-12-21/h5-14,20,23-26H,15-17H2,1-4H3/t20-,23-,24-,25+,26-/m1/s1. The van der Waals surface area contributed by atoms with Gasteiger partial charge in [0, 0.05) is 19.0 Å². The first-order valence-electron chi connectivity index (χ1n) is 12.0. The van der Waals surface area contributed by atoms with Crippen LogP contribution >= 0.6 is 0 Å². The second-order valence-corrected chi connectivity index (χ2v) is 10.6. The first-order valence-corrected chi connectivity index (χ1v) is 12.0. The molecule has 2 aromatic rings. The maximum Gasteiger partial charge on any atom is 0.229 e. The molecule has 4 heteroatoms. The average molecular weight is 440 g/mol. The van der Waals surface area contributed by atoms with E-state index in [0.717, 1.165) is 24.8 Å². The van der Waals surface area contributed by atoms with Crippen molar-refractivity contribution >= 4 is 5.91 Å². The fourth-order valence-corrected chi connectivity index (χ4v) is 6.23. The van der Waals surface area contributed by atoms with Crippen LogP contribution in [0.25, 0.3) is 0 Å². The molecule has 2 aromatic carbocycles. The van der Waals surface area contributed by atoms with Crippen molar-refractivity contribution in [2.24, 2.45) is 23.2 Å². The molecule has 170 valence electrons. The Morgan fingerprint density at radius 1 is 1.00 bits per heavy atom. The summed E-state index contributed by atoms with van der Waals surface area (Å²) in [5.74, 6) is -0.214. The first-order chi connectivity index (χ1) is 15.8. The summed E-state index contributed by atoms with van der Waals surface area (Å²) in [5.41, 5.74) is 0.806. The molecule has 33 heavy (non-hydrogen) atoms. The van der Waals surface area contributed by atoms with Gasteiger partial charge in [0.05, 0.1) is 18.1 Å². The Hall–Kier alpha value is -3.11. The quantitative estimate of drug-likeness (QED) is 0.602. The van der Waals surface area contributed by atoms with Gasteiger partial charge < -0.3 is 4.90 Å². The van der Waals surface area contributed by atoms with E-state index in [1.807, 2.05) is 48.3 Å². The molecule has 0 bridgehead atoms. The van der Waals surface area contributed by atoms with Gasteiger partial charge in [0.25, 0.3) is 0 Å². The molecule has 0 aliphatic heterocycles. The monoisotopic (exact) mass is 439 g/mol. The topological polar surface area (TPSA) is 67.9 Å². The highest BCUT2D eigenvalue weighted by Crippen LogP contribution is 2.65. The van der Waals surface area contributed by atoms with E-state index in [9.17, 15) is 15.3 Å². The third kappa shape index (κ3) is 3.83. The van der Waals surface area contributed by atoms with Gasteiger partial charge in [0.15, 0.2) is 5.41 Å². The minimum absolute atomic E-state index is 0.0695. The van der Waals surface area contributed by atoms with Crippen molar-refractivity contribution in [3.05, 3.63) is 71.8 Å². The molecule has 2 aliphatic rings. The van der Waals surface area contributed by atoms with E-state index in [1.165, 1.54) is 5.56 Å². The molecule has 2 fully saturated rings. The summed E-state index contributed by atoms with van der Waals surface area (Å²) < 4.78 is 0. The zero-order chi connectivity index (χ0) is 23.8. The van der Waals surface area contributed by atoms with Gasteiger partial charge in [0.2, 0.25) is 5.91 Å². The Kier molecular flexibility index (Phi) is 6.06. The number of rotatable bonds is 5. The van der Waals surface area contributed by atoms with E-state index in [-0.39, 0.29) is 23.3 Å². The number of carbonyl (C=O) groups excluding carboxylic acids is 1. The van der Waals surface area contributed by atoms with Crippen LogP contribution in [0.3, 0.4) is 0 Å². The van der Waals surface area contributed by atoms with Crippen molar-refractivity contribution < 1.29 is 4.79 Å². The number of hydrogen-bond donors (Lipinski definition) is 0. The molecular formula is C29H33N3O. The maximum atomic E-state index is 13.9. The summed E-state index contributed by atoms with van der Waals surface area (Å²) in [4.78, 5) is 15.8. The van der Waals surface area contributed by atoms with Crippen molar-refractivity contribution in [3.8, 4) is 12.1 Å². The third-order valence-corrected chi connectivity index (χ3v) is 8.37. The lowest BCUT2D eigenvalue weighted by Gasteiger charge is -2.48. The van der Waals surface area contributed by atoms with E-state index < -0.39 is 11.3 Å². The molecule has 2 saturated carbocycles. The maximum absolute atomic E-state index is 13.9. The van der Waals surface area contributed by atoms with E-state index >= 15 is 0 Å². The summed E-state index contributed by atoms with van der Waals surface area (Å²) in [5, 5.41) is 19.9. The highest BCUT2D eigenvalue weighted by Gasteiger charge is 2.71. The zero-order valence-corrected chi connectivity index (χ0v) is 20.0. The average Bonchev–Trinajstić information content (AvgIpc) is 3.53. The van der Waals surface area contributed by atoms with Gasteiger partial charge in [-0.05, 0) is 41.2 Å². The highest BCUT2D eigenvalue weighted by molar-refractivity contribution is 5.87. The second kappa shape index (κ2) is 8.68. The molecule has 0 heterocycles. The van der Waals surface area contributed by atoms with E-state index in [0.29, 0.717) is 11.8 Å². The van der Waals surface area contributed by atoms with Gasteiger partial charge >= 0.3 is 0 Å². The molecule has 0 unspecified atom stereocenters. The minimum Gasteiger partial charge on any atom is -0.342 e. The second-order valence-electron chi connectivity index (χ2n) is 10.6. The van der Waals surface area contributed by atoms with Crippen LogP contribution in [0.1, 0.15) is 57.1 Å². The number of benzene rings is 2. The Bertz CT molecular complexity index is 1070. The minimum atomic E-state index is -1.28. The smallest absolute Gasteiger partial charge is 0.229 e. The summed E-state index contributed by atoms with van der Waals surface area (Å²) >= 11 is 0. The summed E-state index contributed by atoms with van der Waals surface area (Å²) in [6, 6.07) is 24.6. The van der Waals surface area contributed by atoms with Gasteiger partial charge in [-0.1, -0.05) is 87.9 Å². The Morgan fingerprint density at radius 3 is 2.15 bits per heavy atom. The lowest BCUT2D eigenvalue weighted by Crippen LogP contribution is -2.51. The zero-order valence-electron chi connectivity index (χ0n) is 20.0. The van der Waals surface area contributed by atoms with Crippen LogP contribution in [0.15, 0.2) is 60.7 Å². The summed E-state index contributed by atoms with van der Waals surface area (Å²) in [6.07, 6.45) is 3.15. The van der Waals surface area contributed by atoms with Crippen LogP contribution in [0.5, 0.6) is 0 Å². The first kappa shape index (κ1) is 23.1. The number of hydrogen-bond acceptors (Lipinski definition) is 3. The normalized spacial score (nSPS) is 28.2. The van der Waals surface area contributed by atoms with Gasteiger partial charge in [-0.15, -0.1) is 0 Å². The molecule has 0 N–H and O–H groups in total. The van der Waals surface area contributed by atoms with Crippen molar-refractivity contribution in [3.63, 3.8) is 0 Å². The van der Waals surface area contributed by atoms with Crippen LogP contribution < -0.4 is 0 Å². The molecule has 0 aromatic heterocycles. The predicted molar refractivity (Wildman–Crippen MR) is 129 cm³/mol. The van der Waals surface area contributed by atoms with Crippen LogP contribution in [0.2, 0.25) is 0 Å². The van der Waals surface area contributed by atoms with Crippen molar-refractivity contribution in [1.82, 2.24) is 4.90 Å². The molecule has 2 aliphatic carbocycles. The number of amides is 1. The molecule has 0 saturated heterocycles. The van der Waals surface area contributed by atoms with Crippen molar-refractivity contribution in [2.75, 3.05) is 7.05 Å². The molecule has 4 rings (SSSR count). The number of nitrogens with zero attached hydrogens (tertiary/aromatic N) is 3. The number of carbonyl (C=O) groups is 1. The van der Waals surface area contributed by atoms with Gasteiger partial charge in [-0.2, -0.15) is 10.5 Å². The Labute approximate surface area is 197 Å². The highest BCUT2D eigenvalue weighted by atomic mass is 16.2. The van der Waals surface area contributed by atoms with Crippen molar-refractivity contribution in [2.45, 2.75) is 57.4 Å². The molecule has 0 spiro atoms. The van der Waals surface area contributed by atoms with Crippen LogP contribution in [-0.4, -0.2) is 23.9 Å². The summed E-state index contributed by atoms with van der Waals surface area (Å²) in [7, 11) is 1.89. The van der Waals surface area contributed by atoms with Gasteiger partial charge in [0.1, 0.15) is 0 Å². The lowest BCUT2D eigenvalue weighted by molar-refractivity contribution is -0.136. The molecule has 1 amide bonds. The fourth-order valence-electron chi connectivity index (χ4n) is 6.23. The van der Waals surface area contributed by atoms with Gasteiger partial charge in [-0.3, -0.25) is 4.79 Å². The van der Waals surface area contributed by atoms with Gasteiger partial charge in [-0.25, -0.2) is 0 Å². The lowest BCUT2D eigenvalue weighted by atomic mass is 9.63. The Balaban J connectivity index is 1.65. The van der Waals surface area contributed by atoms with E-state index in [2.05, 4.69) is 57.2 Å².